The smallest absolute Gasteiger partial charge is 0.304 e. The van der Waals surface area contributed by atoms with Crippen molar-refractivity contribution in [2.75, 3.05) is 39.3 Å². The standard InChI is InChI=1S/C5H12N2O2.C5H14N2.C5H10O2/c6-2-4-7-3-1-5(8)9;1-2-4-7-5-3-6;1-2-3-4-5(6)7/h7H,1-4,6H2,(H,8,9);7H,2-6H2,1H3;2-4H2,1H3,(H,6,7). The van der Waals surface area contributed by atoms with Gasteiger partial charge in [0.05, 0.1) is 6.42 Å². The Morgan fingerprint density at radius 3 is 1.57 bits per heavy atom. The van der Waals surface area contributed by atoms with Crippen molar-refractivity contribution < 1.29 is 19.8 Å². The van der Waals surface area contributed by atoms with Gasteiger partial charge in [0.2, 0.25) is 0 Å². The molecule has 0 aromatic carbocycles. The minimum absolute atomic E-state index is 0.167. The average Bonchev–Trinajstić information content (AvgIpc) is 2.51. The van der Waals surface area contributed by atoms with E-state index in [0.717, 1.165) is 32.5 Å². The molecule has 8 heteroatoms. The van der Waals surface area contributed by atoms with Crippen LogP contribution in [0.5, 0.6) is 0 Å². The molecule has 140 valence electrons. The first kappa shape index (κ1) is 26.7. The highest BCUT2D eigenvalue weighted by Crippen LogP contribution is 1.91. The van der Waals surface area contributed by atoms with Crippen molar-refractivity contribution >= 4 is 11.9 Å². The van der Waals surface area contributed by atoms with Crippen LogP contribution in [0.1, 0.15) is 46.0 Å². The van der Waals surface area contributed by atoms with Gasteiger partial charge in [0.1, 0.15) is 0 Å². The molecule has 23 heavy (non-hydrogen) atoms. The first-order chi connectivity index (χ1) is 11.0. The van der Waals surface area contributed by atoms with Crippen molar-refractivity contribution in [3.05, 3.63) is 0 Å². The zero-order chi connectivity index (χ0) is 18.3. The Balaban J connectivity index is -0.000000264. The molecule has 0 heterocycles. The van der Waals surface area contributed by atoms with Gasteiger partial charge in [0.25, 0.3) is 0 Å². The summed E-state index contributed by atoms with van der Waals surface area (Å²) in [6.07, 6.45) is 3.44. The van der Waals surface area contributed by atoms with Crippen molar-refractivity contribution in [3.8, 4) is 0 Å². The summed E-state index contributed by atoms with van der Waals surface area (Å²) in [5.41, 5.74) is 10.3. The predicted molar refractivity (Wildman–Crippen MR) is 93.6 cm³/mol. The van der Waals surface area contributed by atoms with Crippen molar-refractivity contribution in [3.63, 3.8) is 0 Å². The zero-order valence-electron chi connectivity index (χ0n) is 14.6. The second kappa shape index (κ2) is 25.7. The Morgan fingerprint density at radius 2 is 1.26 bits per heavy atom. The maximum atomic E-state index is 9.89. The average molecular weight is 336 g/mol. The second-order valence-corrected chi connectivity index (χ2v) is 4.72. The van der Waals surface area contributed by atoms with Gasteiger partial charge in [-0.1, -0.05) is 20.3 Å². The van der Waals surface area contributed by atoms with Crippen LogP contribution in [0.2, 0.25) is 0 Å². The number of carboxylic acid groups (broad SMARTS) is 2. The van der Waals surface area contributed by atoms with E-state index in [1.807, 2.05) is 6.92 Å². The summed E-state index contributed by atoms with van der Waals surface area (Å²) in [6.45, 7) is 8.66. The van der Waals surface area contributed by atoms with E-state index in [9.17, 15) is 9.59 Å². The van der Waals surface area contributed by atoms with E-state index in [1.165, 1.54) is 6.42 Å². The van der Waals surface area contributed by atoms with Gasteiger partial charge in [0.15, 0.2) is 0 Å². The molecular formula is C15H36N4O4. The number of unbranched alkanes of at least 4 members (excludes halogenated alkanes) is 1. The van der Waals surface area contributed by atoms with Crippen molar-refractivity contribution in [2.45, 2.75) is 46.0 Å². The zero-order valence-corrected chi connectivity index (χ0v) is 14.6. The van der Waals surface area contributed by atoms with E-state index in [4.69, 9.17) is 21.7 Å². The van der Waals surface area contributed by atoms with Crippen molar-refractivity contribution in [2.24, 2.45) is 11.5 Å². The summed E-state index contributed by atoms with van der Waals surface area (Å²) in [4.78, 5) is 19.6. The van der Waals surface area contributed by atoms with E-state index in [-0.39, 0.29) is 6.42 Å². The maximum absolute atomic E-state index is 9.89. The molecule has 0 atom stereocenters. The third kappa shape index (κ3) is 44.9. The molecule has 0 spiro atoms. The minimum Gasteiger partial charge on any atom is -0.481 e. The van der Waals surface area contributed by atoms with E-state index >= 15 is 0 Å². The molecule has 0 aliphatic rings. The van der Waals surface area contributed by atoms with E-state index in [2.05, 4.69) is 17.6 Å². The fourth-order valence-corrected chi connectivity index (χ4v) is 1.15. The number of hydrogen-bond donors (Lipinski definition) is 6. The molecule has 0 saturated carbocycles. The Morgan fingerprint density at radius 1 is 0.783 bits per heavy atom. The highest BCUT2D eigenvalue weighted by atomic mass is 16.4. The number of hydrogen-bond acceptors (Lipinski definition) is 6. The molecule has 0 aromatic rings. The quantitative estimate of drug-likeness (QED) is 0.277. The van der Waals surface area contributed by atoms with Crippen LogP contribution in [-0.2, 0) is 9.59 Å². The van der Waals surface area contributed by atoms with Crippen LogP contribution in [0, 0.1) is 0 Å². The van der Waals surface area contributed by atoms with Gasteiger partial charge >= 0.3 is 11.9 Å². The number of carboxylic acids is 2. The van der Waals surface area contributed by atoms with Gasteiger partial charge in [-0.3, -0.25) is 9.59 Å². The number of aliphatic carboxylic acids is 2. The summed E-state index contributed by atoms with van der Waals surface area (Å²) < 4.78 is 0. The molecule has 0 unspecified atom stereocenters. The number of rotatable bonds is 12. The van der Waals surface area contributed by atoms with E-state index in [1.54, 1.807) is 0 Å². The number of nitrogens with one attached hydrogen (secondary N) is 2. The van der Waals surface area contributed by atoms with Crippen molar-refractivity contribution in [1.82, 2.24) is 10.6 Å². The van der Waals surface area contributed by atoms with Gasteiger partial charge in [-0.05, 0) is 19.4 Å². The van der Waals surface area contributed by atoms with Gasteiger partial charge in [0, 0.05) is 39.1 Å². The Bertz CT molecular complexity index is 250. The summed E-state index contributed by atoms with van der Waals surface area (Å²) in [7, 11) is 0. The molecule has 0 aliphatic heterocycles. The molecule has 0 saturated heterocycles. The second-order valence-electron chi connectivity index (χ2n) is 4.72. The first-order valence-electron chi connectivity index (χ1n) is 8.21. The lowest BCUT2D eigenvalue weighted by molar-refractivity contribution is -0.138. The molecule has 0 rings (SSSR count). The van der Waals surface area contributed by atoms with Crippen LogP contribution in [0.15, 0.2) is 0 Å². The highest BCUT2D eigenvalue weighted by Gasteiger charge is 1.93. The topological polar surface area (TPSA) is 151 Å². The van der Waals surface area contributed by atoms with Crippen LogP contribution in [0.3, 0.4) is 0 Å². The number of carbonyl (C=O) groups is 2. The maximum Gasteiger partial charge on any atom is 0.304 e. The van der Waals surface area contributed by atoms with Crippen LogP contribution in [0.4, 0.5) is 0 Å². The first-order valence-corrected chi connectivity index (χ1v) is 8.21. The minimum atomic E-state index is -0.778. The Kier molecular flexibility index (Phi) is 29.8. The summed E-state index contributed by atoms with van der Waals surface area (Å²) in [6, 6.07) is 0. The van der Waals surface area contributed by atoms with Crippen LogP contribution in [-0.4, -0.2) is 61.4 Å². The monoisotopic (exact) mass is 336 g/mol. The summed E-state index contributed by atoms with van der Waals surface area (Å²) in [5.74, 6) is -1.47. The molecule has 0 fully saturated rings. The normalized spacial score (nSPS) is 9.22. The van der Waals surface area contributed by atoms with Gasteiger partial charge in [-0.2, -0.15) is 0 Å². The van der Waals surface area contributed by atoms with Gasteiger partial charge in [-0.25, -0.2) is 0 Å². The lowest BCUT2D eigenvalue weighted by Crippen LogP contribution is -2.24. The molecule has 0 aliphatic carbocycles. The lowest BCUT2D eigenvalue weighted by Gasteiger charge is -1.97. The number of nitrogens with two attached hydrogens (primary N) is 2. The van der Waals surface area contributed by atoms with Crippen LogP contribution < -0.4 is 22.1 Å². The fourth-order valence-electron chi connectivity index (χ4n) is 1.15. The molecular weight excluding hydrogens is 300 g/mol. The van der Waals surface area contributed by atoms with E-state index in [0.29, 0.717) is 26.1 Å². The summed E-state index contributed by atoms with van der Waals surface area (Å²) in [5, 5.41) is 22.2. The lowest BCUT2D eigenvalue weighted by atomic mass is 10.3. The molecule has 0 aromatic heterocycles. The predicted octanol–water partition coefficient (Wildman–Crippen LogP) is 0.215. The largest absolute Gasteiger partial charge is 0.481 e. The Hall–Kier alpha value is -1.22. The molecule has 0 amide bonds. The molecule has 8 N–H and O–H groups in total. The van der Waals surface area contributed by atoms with Crippen LogP contribution in [0.25, 0.3) is 0 Å². The van der Waals surface area contributed by atoms with Gasteiger partial charge < -0.3 is 32.3 Å². The molecule has 0 bridgehead atoms. The summed E-state index contributed by atoms with van der Waals surface area (Å²) >= 11 is 0. The molecule has 0 radical (unpaired) electrons. The highest BCUT2D eigenvalue weighted by molar-refractivity contribution is 5.67. The van der Waals surface area contributed by atoms with E-state index < -0.39 is 11.9 Å². The third-order valence-electron chi connectivity index (χ3n) is 2.33. The fraction of sp³-hybridized carbons (Fsp3) is 0.867. The third-order valence-corrected chi connectivity index (χ3v) is 2.33. The van der Waals surface area contributed by atoms with Crippen LogP contribution >= 0.6 is 0 Å². The SMILES string of the molecule is CCCCC(=O)O.CCCNCCN.NCCNCCC(=O)O. The van der Waals surface area contributed by atoms with Gasteiger partial charge in [-0.15, -0.1) is 0 Å². The molecule has 8 nitrogen and oxygen atoms in total. The van der Waals surface area contributed by atoms with Crippen molar-refractivity contribution in [1.29, 1.82) is 0 Å². The Labute approximate surface area is 140 Å².